The lowest BCUT2D eigenvalue weighted by atomic mass is 10.0. The summed E-state index contributed by atoms with van der Waals surface area (Å²) in [4.78, 5) is 0. The molecule has 0 N–H and O–H groups in total. The highest BCUT2D eigenvalue weighted by Gasteiger charge is 2.09. The second kappa shape index (κ2) is 4.42. The average Bonchev–Trinajstić information content (AvgIpc) is 2.97. The Kier molecular flexibility index (Phi) is 2.45. The Bertz CT molecular complexity index is 881. The van der Waals surface area contributed by atoms with Gasteiger partial charge in [-0.25, -0.2) is 0 Å². The normalized spacial score (nSPS) is 11.2. The van der Waals surface area contributed by atoms with Gasteiger partial charge in [0.2, 0.25) is 0 Å². The molecule has 2 aromatic heterocycles. The number of rotatable bonds is 2. The van der Waals surface area contributed by atoms with Crippen molar-refractivity contribution in [2.45, 2.75) is 6.42 Å². The van der Waals surface area contributed by atoms with Gasteiger partial charge in [-0.15, -0.1) is 10.2 Å². The molecule has 20 heavy (non-hydrogen) atoms. The third-order valence-electron chi connectivity index (χ3n) is 3.45. The van der Waals surface area contributed by atoms with E-state index >= 15 is 0 Å². The summed E-state index contributed by atoms with van der Waals surface area (Å²) in [5.41, 5.74) is 3.09. The summed E-state index contributed by atoms with van der Waals surface area (Å²) in [6, 6.07) is 18.6. The predicted molar refractivity (Wildman–Crippen MR) is 77.5 cm³/mol. The highest BCUT2D eigenvalue weighted by Crippen LogP contribution is 2.22. The molecule has 0 atom stereocenters. The van der Waals surface area contributed by atoms with E-state index in [0.29, 0.717) is 0 Å². The zero-order valence-electron chi connectivity index (χ0n) is 10.8. The van der Waals surface area contributed by atoms with Crippen LogP contribution in [0, 0.1) is 0 Å². The van der Waals surface area contributed by atoms with E-state index in [1.165, 1.54) is 5.56 Å². The van der Waals surface area contributed by atoms with Crippen molar-refractivity contribution in [2.24, 2.45) is 0 Å². The first-order valence-corrected chi connectivity index (χ1v) is 6.53. The number of fused-ring (bicyclic) bond motifs is 3. The minimum absolute atomic E-state index is 0.801. The molecule has 0 bridgehead atoms. The second-order valence-corrected chi connectivity index (χ2v) is 4.75. The fourth-order valence-electron chi connectivity index (χ4n) is 2.51. The van der Waals surface area contributed by atoms with E-state index in [1.807, 2.05) is 18.2 Å². The molecule has 0 unspecified atom stereocenters. The van der Waals surface area contributed by atoms with Crippen molar-refractivity contribution in [3.63, 3.8) is 0 Å². The summed E-state index contributed by atoms with van der Waals surface area (Å²) >= 11 is 0. The SMILES string of the molecule is c1ccc(Cc2nn3cnnc3c3ccccc23)cc1. The van der Waals surface area contributed by atoms with Gasteiger partial charge in [0.15, 0.2) is 5.65 Å². The minimum Gasteiger partial charge on any atom is -0.200 e. The molecule has 96 valence electrons. The first kappa shape index (κ1) is 11.1. The Morgan fingerprint density at radius 3 is 2.45 bits per heavy atom. The Hall–Kier alpha value is -2.75. The first-order chi connectivity index (χ1) is 9.92. The molecule has 0 aliphatic rings. The molecule has 4 heteroatoms. The molecule has 2 heterocycles. The molecule has 0 spiro atoms. The smallest absolute Gasteiger partial charge is 0.185 e. The molecule has 0 saturated carbocycles. The van der Waals surface area contributed by atoms with Crippen molar-refractivity contribution in [3.8, 4) is 0 Å². The predicted octanol–water partition coefficient (Wildman–Crippen LogP) is 2.87. The van der Waals surface area contributed by atoms with Crippen LogP contribution in [0.4, 0.5) is 0 Å². The van der Waals surface area contributed by atoms with Crippen LogP contribution in [0.1, 0.15) is 11.3 Å². The van der Waals surface area contributed by atoms with Crippen LogP contribution in [-0.2, 0) is 6.42 Å². The van der Waals surface area contributed by atoms with Gasteiger partial charge < -0.3 is 0 Å². The Morgan fingerprint density at radius 2 is 1.60 bits per heavy atom. The van der Waals surface area contributed by atoms with Crippen molar-refractivity contribution < 1.29 is 0 Å². The summed E-state index contributed by atoms with van der Waals surface area (Å²) < 4.78 is 1.75. The summed E-state index contributed by atoms with van der Waals surface area (Å²) in [5, 5.41) is 15.0. The molecule has 0 amide bonds. The van der Waals surface area contributed by atoms with Crippen LogP contribution < -0.4 is 0 Å². The fourth-order valence-corrected chi connectivity index (χ4v) is 2.51. The number of aromatic nitrogens is 4. The fraction of sp³-hybridized carbons (Fsp3) is 0.0625. The topological polar surface area (TPSA) is 43.1 Å². The van der Waals surface area contributed by atoms with Crippen LogP contribution in [0.25, 0.3) is 16.4 Å². The van der Waals surface area contributed by atoms with Gasteiger partial charge in [-0.1, -0.05) is 54.6 Å². The van der Waals surface area contributed by atoms with E-state index in [0.717, 1.165) is 28.5 Å². The van der Waals surface area contributed by atoms with Gasteiger partial charge in [0.05, 0.1) is 5.69 Å². The summed E-state index contributed by atoms with van der Waals surface area (Å²) in [6.45, 7) is 0. The maximum Gasteiger partial charge on any atom is 0.185 e. The second-order valence-electron chi connectivity index (χ2n) is 4.75. The molecular formula is C16H12N4. The zero-order valence-corrected chi connectivity index (χ0v) is 10.8. The third kappa shape index (κ3) is 1.73. The van der Waals surface area contributed by atoms with E-state index in [1.54, 1.807) is 10.8 Å². The van der Waals surface area contributed by atoms with Crippen LogP contribution in [0.2, 0.25) is 0 Å². The molecule has 0 saturated heterocycles. The number of nitrogens with zero attached hydrogens (tertiary/aromatic N) is 4. The molecule has 4 rings (SSSR count). The summed E-state index contributed by atoms with van der Waals surface area (Å²) in [7, 11) is 0. The Labute approximate surface area is 115 Å². The van der Waals surface area contributed by atoms with Gasteiger partial charge in [0.1, 0.15) is 6.33 Å². The van der Waals surface area contributed by atoms with Crippen molar-refractivity contribution in [2.75, 3.05) is 0 Å². The van der Waals surface area contributed by atoms with E-state index < -0.39 is 0 Å². The van der Waals surface area contributed by atoms with Gasteiger partial charge in [0, 0.05) is 17.2 Å². The molecule has 0 aliphatic heterocycles. The van der Waals surface area contributed by atoms with Crippen molar-refractivity contribution in [1.82, 2.24) is 19.8 Å². The van der Waals surface area contributed by atoms with Gasteiger partial charge >= 0.3 is 0 Å². The van der Waals surface area contributed by atoms with Crippen LogP contribution >= 0.6 is 0 Å². The van der Waals surface area contributed by atoms with Crippen LogP contribution in [0.5, 0.6) is 0 Å². The van der Waals surface area contributed by atoms with Gasteiger partial charge in [-0.3, -0.25) is 0 Å². The quantitative estimate of drug-likeness (QED) is 0.556. The van der Waals surface area contributed by atoms with E-state index in [4.69, 9.17) is 0 Å². The molecule has 2 aromatic carbocycles. The van der Waals surface area contributed by atoms with Crippen molar-refractivity contribution in [3.05, 3.63) is 72.2 Å². The van der Waals surface area contributed by atoms with Gasteiger partial charge in [-0.2, -0.15) is 9.61 Å². The number of hydrogen-bond donors (Lipinski definition) is 0. The Morgan fingerprint density at radius 1 is 0.850 bits per heavy atom. The maximum absolute atomic E-state index is 4.65. The van der Waals surface area contributed by atoms with Crippen LogP contribution in [0.3, 0.4) is 0 Å². The third-order valence-corrected chi connectivity index (χ3v) is 3.45. The zero-order chi connectivity index (χ0) is 13.4. The average molecular weight is 260 g/mol. The van der Waals surface area contributed by atoms with Crippen molar-refractivity contribution >= 4 is 16.4 Å². The number of benzene rings is 2. The first-order valence-electron chi connectivity index (χ1n) is 6.53. The monoisotopic (exact) mass is 260 g/mol. The van der Waals surface area contributed by atoms with Crippen LogP contribution in [0.15, 0.2) is 60.9 Å². The molecule has 0 aliphatic carbocycles. The number of hydrogen-bond acceptors (Lipinski definition) is 3. The van der Waals surface area contributed by atoms with E-state index in [9.17, 15) is 0 Å². The van der Waals surface area contributed by atoms with E-state index in [-0.39, 0.29) is 0 Å². The summed E-state index contributed by atoms with van der Waals surface area (Å²) in [5.74, 6) is 0. The lowest BCUT2D eigenvalue weighted by Gasteiger charge is -2.07. The largest absolute Gasteiger partial charge is 0.200 e. The van der Waals surface area contributed by atoms with E-state index in [2.05, 4.69) is 51.7 Å². The lowest BCUT2D eigenvalue weighted by molar-refractivity contribution is 0.882. The van der Waals surface area contributed by atoms with Crippen molar-refractivity contribution in [1.29, 1.82) is 0 Å². The molecule has 4 nitrogen and oxygen atoms in total. The van der Waals surface area contributed by atoms with Gasteiger partial charge in [-0.05, 0) is 5.56 Å². The highest BCUT2D eigenvalue weighted by atomic mass is 15.3. The molecular weight excluding hydrogens is 248 g/mol. The highest BCUT2D eigenvalue weighted by molar-refractivity contribution is 5.94. The summed E-state index contributed by atoms with van der Waals surface area (Å²) in [6.07, 6.45) is 2.45. The molecule has 0 fully saturated rings. The molecule has 0 radical (unpaired) electrons. The maximum atomic E-state index is 4.65. The van der Waals surface area contributed by atoms with Gasteiger partial charge in [0.25, 0.3) is 0 Å². The minimum atomic E-state index is 0.801. The molecule has 4 aromatic rings. The standard InChI is InChI=1S/C16H12N4/c1-2-6-12(7-3-1)10-15-13-8-4-5-9-14(13)16-18-17-11-20(16)19-15/h1-9,11H,10H2. The lowest BCUT2D eigenvalue weighted by Crippen LogP contribution is -2.00. The van der Waals surface area contributed by atoms with Crippen LogP contribution in [-0.4, -0.2) is 19.8 Å². The Balaban J connectivity index is 1.96.